The quantitative estimate of drug-likeness (QED) is 0.768. The van der Waals surface area contributed by atoms with Crippen LogP contribution in [-0.2, 0) is 14.3 Å². The lowest BCUT2D eigenvalue weighted by molar-refractivity contribution is -0.151. The van der Waals surface area contributed by atoms with Crippen LogP contribution >= 0.6 is 0 Å². The number of ether oxygens (including phenoxy) is 2. The lowest BCUT2D eigenvalue weighted by atomic mass is 9.78. The van der Waals surface area contributed by atoms with E-state index in [1.807, 2.05) is 7.05 Å². The summed E-state index contributed by atoms with van der Waals surface area (Å²) in [5.41, 5.74) is -0.504. The van der Waals surface area contributed by atoms with Crippen molar-refractivity contribution in [3.05, 3.63) is 0 Å². The number of likely N-dealkylation sites (N-methyl/N-ethyl adjacent to an activating group) is 1. The van der Waals surface area contributed by atoms with Gasteiger partial charge in [0.05, 0.1) is 20.3 Å². The van der Waals surface area contributed by atoms with Crippen LogP contribution < -0.4 is 5.32 Å². The molecule has 0 bridgehead atoms. The van der Waals surface area contributed by atoms with Crippen LogP contribution in [0.1, 0.15) is 32.6 Å². The third kappa shape index (κ3) is 2.93. The number of nitrogens with one attached hydrogen (secondary N) is 1. The summed E-state index contributed by atoms with van der Waals surface area (Å²) in [6.07, 6.45) is 3.92. The molecule has 0 radical (unpaired) electrons. The number of hydrogen-bond acceptors (Lipinski definition) is 5. The van der Waals surface area contributed by atoms with E-state index in [9.17, 15) is 4.79 Å². The van der Waals surface area contributed by atoms with Crippen molar-refractivity contribution < 1.29 is 14.3 Å². The lowest BCUT2D eigenvalue weighted by Gasteiger charge is -2.46. The molecule has 1 aliphatic heterocycles. The molecule has 0 aromatic rings. The highest BCUT2D eigenvalue weighted by molar-refractivity contribution is 5.81. The summed E-state index contributed by atoms with van der Waals surface area (Å²) < 4.78 is 10.5. The Hall–Kier alpha value is -0.650. The first-order valence-electron chi connectivity index (χ1n) is 7.24. The van der Waals surface area contributed by atoms with E-state index < -0.39 is 5.54 Å². The van der Waals surface area contributed by atoms with Crippen molar-refractivity contribution >= 4 is 5.97 Å². The molecule has 1 N–H and O–H groups in total. The Kier molecular flexibility index (Phi) is 4.81. The van der Waals surface area contributed by atoms with Crippen molar-refractivity contribution in [2.24, 2.45) is 0 Å². The van der Waals surface area contributed by atoms with Crippen LogP contribution in [0.2, 0.25) is 0 Å². The third-order valence-electron chi connectivity index (χ3n) is 4.67. The topological polar surface area (TPSA) is 50.8 Å². The summed E-state index contributed by atoms with van der Waals surface area (Å²) in [6, 6.07) is 0.878. The van der Waals surface area contributed by atoms with Crippen molar-refractivity contribution in [2.45, 2.75) is 50.2 Å². The third-order valence-corrected chi connectivity index (χ3v) is 4.67. The molecule has 2 rings (SSSR count). The van der Waals surface area contributed by atoms with Gasteiger partial charge in [-0.3, -0.25) is 9.69 Å². The number of methoxy groups -OCH3 is 1. The largest absolute Gasteiger partial charge is 0.468 e. The van der Waals surface area contributed by atoms with Crippen molar-refractivity contribution in [3.8, 4) is 0 Å². The maximum absolute atomic E-state index is 12.1. The van der Waals surface area contributed by atoms with Crippen LogP contribution in [0.3, 0.4) is 0 Å². The molecule has 5 nitrogen and oxygen atoms in total. The van der Waals surface area contributed by atoms with Crippen molar-refractivity contribution in [1.29, 1.82) is 0 Å². The summed E-state index contributed by atoms with van der Waals surface area (Å²) in [4.78, 5) is 14.6. The molecule has 2 aliphatic rings. The van der Waals surface area contributed by atoms with Crippen LogP contribution in [0.4, 0.5) is 0 Å². The summed E-state index contributed by atoms with van der Waals surface area (Å²) in [6.45, 7) is 4.76. The molecule has 0 spiro atoms. The lowest BCUT2D eigenvalue weighted by Crippen LogP contribution is -2.60. The van der Waals surface area contributed by atoms with Crippen molar-refractivity contribution in [2.75, 3.05) is 33.9 Å². The van der Waals surface area contributed by atoms with Crippen molar-refractivity contribution in [1.82, 2.24) is 10.2 Å². The highest BCUT2D eigenvalue weighted by atomic mass is 16.5. The molecule has 2 fully saturated rings. The average Bonchev–Trinajstić information content (AvgIpc) is 2.46. The molecule has 110 valence electrons. The first-order chi connectivity index (χ1) is 9.13. The first kappa shape index (κ1) is 14.8. The smallest absolute Gasteiger partial charge is 0.326 e. The Morgan fingerprint density at radius 3 is 2.95 bits per heavy atom. The second kappa shape index (κ2) is 6.20. The van der Waals surface area contributed by atoms with Gasteiger partial charge in [0.25, 0.3) is 0 Å². The van der Waals surface area contributed by atoms with Crippen LogP contribution in [0.25, 0.3) is 0 Å². The van der Waals surface area contributed by atoms with E-state index in [2.05, 4.69) is 17.1 Å². The van der Waals surface area contributed by atoms with Gasteiger partial charge in [0, 0.05) is 18.6 Å². The standard InChI is InChI=1S/C14H26N2O3/c1-11-10-19-8-7-16(11)12-5-4-6-14(9-12,15-2)13(17)18-3/h11-12,15H,4-10H2,1-3H3. The molecule has 0 aromatic heterocycles. The van der Waals surface area contributed by atoms with E-state index in [0.29, 0.717) is 12.1 Å². The van der Waals surface area contributed by atoms with Gasteiger partial charge >= 0.3 is 5.97 Å². The molecule has 3 atom stereocenters. The van der Waals surface area contributed by atoms with Crippen molar-refractivity contribution in [3.63, 3.8) is 0 Å². The minimum Gasteiger partial charge on any atom is -0.468 e. The minimum atomic E-state index is -0.504. The first-order valence-corrected chi connectivity index (χ1v) is 7.24. The Balaban J connectivity index is 2.08. The van der Waals surface area contributed by atoms with Gasteiger partial charge < -0.3 is 14.8 Å². The van der Waals surface area contributed by atoms with Gasteiger partial charge in [0.2, 0.25) is 0 Å². The maximum Gasteiger partial charge on any atom is 0.326 e. The van der Waals surface area contributed by atoms with E-state index in [1.54, 1.807) is 0 Å². The van der Waals surface area contributed by atoms with E-state index in [-0.39, 0.29) is 5.97 Å². The molecule has 0 amide bonds. The van der Waals surface area contributed by atoms with E-state index in [0.717, 1.165) is 45.4 Å². The van der Waals surface area contributed by atoms with E-state index >= 15 is 0 Å². The number of carbonyl (C=O) groups is 1. The second-order valence-electron chi connectivity index (χ2n) is 5.74. The summed E-state index contributed by atoms with van der Waals surface area (Å²) in [7, 11) is 3.34. The Morgan fingerprint density at radius 1 is 1.53 bits per heavy atom. The number of carbonyl (C=O) groups excluding carboxylic acids is 1. The fourth-order valence-electron chi connectivity index (χ4n) is 3.52. The van der Waals surface area contributed by atoms with Gasteiger partial charge in [0.1, 0.15) is 5.54 Å². The minimum absolute atomic E-state index is 0.124. The predicted octanol–water partition coefficient (Wildman–Crippen LogP) is 0.781. The van der Waals surface area contributed by atoms with Gasteiger partial charge in [-0.1, -0.05) is 0 Å². The van der Waals surface area contributed by atoms with Crippen LogP contribution in [0.5, 0.6) is 0 Å². The Bertz CT molecular complexity index is 324. The van der Waals surface area contributed by atoms with Gasteiger partial charge in [-0.2, -0.15) is 0 Å². The fourth-order valence-corrected chi connectivity index (χ4v) is 3.52. The van der Waals surface area contributed by atoms with Gasteiger partial charge in [0.15, 0.2) is 0 Å². The predicted molar refractivity (Wildman–Crippen MR) is 73.0 cm³/mol. The Labute approximate surface area is 115 Å². The fraction of sp³-hybridized carbons (Fsp3) is 0.929. The molecule has 1 heterocycles. The zero-order chi connectivity index (χ0) is 13.9. The molecule has 3 unspecified atom stereocenters. The summed E-state index contributed by atoms with van der Waals surface area (Å²) >= 11 is 0. The zero-order valence-corrected chi connectivity index (χ0v) is 12.3. The average molecular weight is 270 g/mol. The summed E-state index contributed by atoms with van der Waals surface area (Å²) in [5.74, 6) is -0.124. The number of hydrogen-bond donors (Lipinski definition) is 1. The molecular weight excluding hydrogens is 244 g/mol. The van der Waals surface area contributed by atoms with E-state index in [4.69, 9.17) is 9.47 Å². The highest BCUT2D eigenvalue weighted by Gasteiger charge is 2.44. The molecule has 5 heteroatoms. The van der Waals surface area contributed by atoms with Crippen LogP contribution in [-0.4, -0.2) is 62.4 Å². The highest BCUT2D eigenvalue weighted by Crippen LogP contribution is 2.33. The number of nitrogens with zero attached hydrogens (tertiary/aromatic N) is 1. The number of esters is 1. The number of morpholine rings is 1. The molecule has 1 aliphatic carbocycles. The van der Waals surface area contributed by atoms with Gasteiger partial charge in [-0.05, 0) is 39.7 Å². The molecule has 19 heavy (non-hydrogen) atoms. The van der Waals surface area contributed by atoms with Crippen LogP contribution in [0, 0.1) is 0 Å². The molecule has 0 aromatic carbocycles. The monoisotopic (exact) mass is 270 g/mol. The molecule has 1 saturated heterocycles. The molecule has 1 saturated carbocycles. The van der Waals surface area contributed by atoms with E-state index in [1.165, 1.54) is 7.11 Å². The second-order valence-corrected chi connectivity index (χ2v) is 5.74. The van der Waals surface area contributed by atoms with Gasteiger partial charge in [-0.25, -0.2) is 0 Å². The zero-order valence-electron chi connectivity index (χ0n) is 12.3. The SMILES string of the molecule is CNC1(C(=O)OC)CCCC(N2CCOCC2C)C1. The normalized spacial score (nSPS) is 37.0. The maximum atomic E-state index is 12.1. The Morgan fingerprint density at radius 2 is 2.32 bits per heavy atom. The van der Waals surface area contributed by atoms with Crippen LogP contribution in [0.15, 0.2) is 0 Å². The molecular formula is C14H26N2O3. The van der Waals surface area contributed by atoms with Gasteiger partial charge in [-0.15, -0.1) is 0 Å². The summed E-state index contributed by atoms with van der Waals surface area (Å²) in [5, 5.41) is 3.22. The number of rotatable bonds is 3.